The molecule has 1 aliphatic carbocycles. The van der Waals surface area contributed by atoms with Gasteiger partial charge in [-0.1, -0.05) is 12.8 Å². The van der Waals surface area contributed by atoms with E-state index >= 15 is 0 Å². The molecule has 0 bridgehead atoms. The number of carbonyl (C=O) groups is 1. The van der Waals surface area contributed by atoms with Gasteiger partial charge in [0.05, 0.1) is 17.5 Å². The number of amides is 1. The number of nitrogens with zero attached hydrogens (tertiary/aromatic N) is 2. The number of aromatic nitrogens is 1. The van der Waals surface area contributed by atoms with Crippen LogP contribution >= 0.6 is 0 Å². The molecule has 3 rings (SSSR count). The summed E-state index contributed by atoms with van der Waals surface area (Å²) in [7, 11) is -3.64. The fourth-order valence-electron chi connectivity index (χ4n) is 3.66. The average molecular weight is 369 g/mol. The van der Waals surface area contributed by atoms with E-state index in [0.29, 0.717) is 19.4 Å². The van der Waals surface area contributed by atoms with Gasteiger partial charge in [0.25, 0.3) is 0 Å². The molecule has 8 heteroatoms. The Morgan fingerprint density at radius 2 is 2.04 bits per heavy atom. The van der Waals surface area contributed by atoms with Crippen LogP contribution < -0.4 is 4.72 Å². The summed E-state index contributed by atoms with van der Waals surface area (Å²) in [6.07, 6.45) is 6.56. The molecule has 1 atom stereocenters. The maximum atomic E-state index is 13.6. The minimum Gasteiger partial charge on any atom is -0.341 e. The van der Waals surface area contributed by atoms with Crippen LogP contribution in [-0.4, -0.2) is 42.5 Å². The van der Waals surface area contributed by atoms with Crippen LogP contribution in [0.2, 0.25) is 0 Å². The lowest BCUT2D eigenvalue weighted by Crippen LogP contribution is -2.49. The van der Waals surface area contributed by atoms with Crippen molar-refractivity contribution in [3.05, 3.63) is 29.8 Å². The number of rotatable bonds is 5. The van der Waals surface area contributed by atoms with E-state index < -0.39 is 21.1 Å². The zero-order chi connectivity index (χ0) is 17.9. The summed E-state index contributed by atoms with van der Waals surface area (Å²) in [5.41, 5.74) is 0.0702. The molecule has 2 heterocycles. The third-order valence-electron chi connectivity index (χ3n) is 5.11. The Bertz CT molecular complexity index is 720. The molecule has 1 amide bonds. The Labute approximate surface area is 147 Å². The van der Waals surface area contributed by atoms with Gasteiger partial charge in [0.1, 0.15) is 5.82 Å². The van der Waals surface area contributed by atoms with Crippen LogP contribution in [0.3, 0.4) is 0 Å². The second-order valence-electron chi connectivity index (χ2n) is 6.83. The summed E-state index contributed by atoms with van der Waals surface area (Å²) in [4.78, 5) is 18.1. The highest BCUT2D eigenvalue weighted by Gasteiger charge is 2.35. The van der Waals surface area contributed by atoms with E-state index in [1.165, 1.54) is 18.3 Å². The summed E-state index contributed by atoms with van der Waals surface area (Å²) in [6.45, 7) is 0.660. The summed E-state index contributed by atoms with van der Waals surface area (Å²) in [5.74, 6) is -0.392. The number of hydrogen-bond acceptors (Lipinski definition) is 4. The Balaban J connectivity index is 1.61. The van der Waals surface area contributed by atoms with Gasteiger partial charge >= 0.3 is 0 Å². The van der Waals surface area contributed by atoms with E-state index in [0.717, 1.165) is 25.7 Å². The number of hydrogen-bond donors (Lipinski definition) is 1. The molecule has 0 aromatic carbocycles. The van der Waals surface area contributed by atoms with Crippen LogP contribution in [0, 0.1) is 11.7 Å². The highest BCUT2D eigenvalue weighted by Crippen LogP contribution is 2.28. The van der Waals surface area contributed by atoms with Gasteiger partial charge in [-0.05, 0) is 37.8 Å². The number of nitrogens with one attached hydrogen (secondary N) is 1. The third-order valence-corrected chi connectivity index (χ3v) is 6.92. The zero-order valence-electron chi connectivity index (χ0n) is 14.2. The van der Waals surface area contributed by atoms with Crippen molar-refractivity contribution in [3.8, 4) is 0 Å². The molecule has 6 nitrogen and oxygen atoms in total. The summed E-state index contributed by atoms with van der Waals surface area (Å²) < 4.78 is 41.2. The Morgan fingerprint density at radius 1 is 1.28 bits per heavy atom. The van der Waals surface area contributed by atoms with Gasteiger partial charge in [-0.15, -0.1) is 0 Å². The second kappa shape index (κ2) is 7.78. The zero-order valence-corrected chi connectivity index (χ0v) is 15.0. The fourth-order valence-corrected chi connectivity index (χ4v) is 5.08. The van der Waals surface area contributed by atoms with Crippen molar-refractivity contribution in [2.45, 2.75) is 50.3 Å². The van der Waals surface area contributed by atoms with Gasteiger partial charge in [0.2, 0.25) is 15.9 Å². The lowest BCUT2D eigenvalue weighted by atomic mass is 10.0. The van der Waals surface area contributed by atoms with Crippen molar-refractivity contribution in [3.63, 3.8) is 0 Å². The molecule has 0 radical (unpaired) electrons. The SMILES string of the molecule is O=C(C1CCCC1)N1CCC[C@H](S(=O)(=O)NCc2ncccc2F)C1. The van der Waals surface area contributed by atoms with E-state index in [4.69, 9.17) is 0 Å². The summed E-state index contributed by atoms with van der Waals surface area (Å²) in [5, 5.41) is -0.654. The van der Waals surface area contributed by atoms with Crippen LogP contribution in [0.4, 0.5) is 4.39 Å². The Kier molecular flexibility index (Phi) is 5.68. The fraction of sp³-hybridized carbons (Fsp3) is 0.647. The Hall–Kier alpha value is -1.54. The quantitative estimate of drug-likeness (QED) is 0.859. The van der Waals surface area contributed by atoms with Crippen LogP contribution in [0.25, 0.3) is 0 Å². The van der Waals surface area contributed by atoms with E-state index in [-0.39, 0.29) is 30.6 Å². The smallest absolute Gasteiger partial charge is 0.225 e. The number of sulfonamides is 1. The molecule has 0 unspecified atom stereocenters. The standard InChI is InChI=1S/C17H24FN3O3S/c18-15-8-3-9-19-16(15)11-20-25(23,24)14-7-4-10-21(12-14)17(22)13-5-1-2-6-13/h3,8-9,13-14,20H,1-2,4-7,10-12H2/t14-/m0/s1. The number of pyridine rings is 1. The molecule has 25 heavy (non-hydrogen) atoms. The topological polar surface area (TPSA) is 79.4 Å². The Morgan fingerprint density at radius 3 is 2.76 bits per heavy atom. The molecular formula is C17H24FN3O3S. The molecule has 1 N–H and O–H groups in total. The molecule has 1 aliphatic heterocycles. The predicted molar refractivity (Wildman–Crippen MR) is 91.5 cm³/mol. The number of carbonyl (C=O) groups excluding carboxylic acids is 1. The van der Waals surface area contributed by atoms with Crippen LogP contribution in [-0.2, 0) is 21.4 Å². The molecular weight excluding hydrogens is 345 g/mol. The average Bonchev–Trinajstić information content (AvgIpc) is 3.15. The van der Waals surface area contributed by atoms with Crippen LogP contribution in [0.1, 0.15) is 44.2 Å². The highest BCUT2D eigenvalue weighted by atomic mass is 32.2. The first kappa shape index (κ1) is 18.3. The predicted octanol–water partition coefficient (Wildman–Crippen LogP) is 1.82. The lowest BCUT2D eigenvalue weighted by molar-refractivity contribution is -0.136. The molecule has 1 saturated heterocycles. The number of piperidine rings is 1. The monoisotopic (exact) mass is 369 g/mol. The molecule has 2 aliphatic rings. The highest BCUT2D eigenvalue weighted by molar-refractivity contribution is 7.90. The van der Waals surface area contributed by atoms with E-state index in [9.17, 15) is 17.6 Å². The van der Waals surface area contributed by atoms with Gasteiger partial charge in [-0.3, -0.25) is 9.78 Å². The van der Waals surface area contributed by atoms with Crippen molar-refractivity contribution >= 4 is 15.9 Å². The van der Waals surface area contributed by atoms with Crippen molar-refractivity contribution in [1.29, 1.82) is 0 Å². The first-order valence-electron chi connectivity index (χ1n) is 8.84. The van der Waals surface area contributed by atoms with Gasteiger partial charge in [-0.25, -0.2) is 17.5 Å². The second-order valence-corrected chi connectivity index (χ2v) is 8.87. The number of likely N-dealkylation sites (tertiary alicyclic amines) is 1. The van der Waals surface area contributed by atoms with E-state index in [2.05, 4.69) is 9.71 Å². The van der Waals surface area contributed by atoms with Crippen LogP contribution in [0.5, 0.6) is 0 Å². The van der Waals surface area contributed by atoms with Crippen LogP contribution in [0.15, 0.2) is 18.3 Å². The lowest BCUT2D eigenvalue weighted by Gasteiger charge is -2.34. The van der Waals surface area contributed by atoms with Gasteiger partial charge in [0, 0.05) is 25.2 Å². The third kappa shape index (κ3) is 4.36. The van der Waals surface area contributed by atoms with Gasteiger partial charge in [-0.2, -0.15) is 0 Å². The molecule has 1 aromatic rings. The van der Waals surface area contributed by atoms with Crippen molar-refractivity contribution in [1.82, 2.24) is 14.6 Å². The van der Waals surface area contributed by atoms with Crippen molar-refractivity contribution in [2.75, 3.05) is 13.1 Å². The molecule has 138 valence electrons. The van der Waals surface area contributed by atoms with Crippen molar-refractivity contribution in [2.24, 2.45) is 5.92 Å². The van der Waals surface area contributed by atoms with E-state index in [1.54, 1.807) is 4.90 Å². The number of halogens is 1. The normalized spacial score (nSPS) is 22.3. The minimum atomic E-state index is -3.64. The first-order chi connectivity index (χ1) is 12.0. The molecule has 1 aromatic heterocycles. The summed E-state index contributed by atoms with van der Waals surface area (Å²) in [6, 6.07) is 2.71. The maximum Gasteiger partial charge on any atom is 0.225 e. The first-order valence-corrected chi connectivity index (χ1v) is 10.4. The van der Waals surface area contributed by atoms with Crippen molar-refractivity contribution < 1.29 is 17.6 Å². The maximum absolute atomic E-state index is 13.6. The van der Waals surface area contributed by atoms with Gasteiger partial charge < -0.3 is 4.90 Å². The molecule has 1 saturated carbocycles. The van der Waals surface area contributed by atoms with E-state index in [1.807, 2.05) is 0 Å². The minimum absolute atomic E-state index is 0.0528. The largest absolute Gasteiger partial charge is 0.341 e. The van der Waals surface area contributed by atoms with Gasteiger partial charge in [0.15, 0.2) is 0 Å². The molecule has 0 spiro atoms. The molecule has 2 fully saturated rings. The summed E-state index contributed by atoms with van der Waals surface area (Å²) >= 11 is 0.